The van der Waals surface area contributed by atoms with E-state index in [0.717, 1.165) is 11.4 Å². The van der Waals surface area contributed by atoms with Crippen LogP contribution >= 0.6 is 0 Å². The summed E-state index contributed by atoms with van der Waals surface area (Å²) in [6, 6.07) is 9.00. The van der Waals surface area contributed by atoms with Crippen molar-refractivity contribution in [2.45, 2.75) is 53.1 Å². The topological polar surface area (TPSA) is 81.8 Å². The van der Waals surface area contributed by atoms with Crippen LogP contribution in [-0.2, 0) is 4.79 Å². The molecule has 27 heavy (non-hydrogen) atoms. The maximum absolute atomic E-state index is 13.2. The van der Waals surface area contributed by atoms with Crippen LogP contribution in [0.25, 0.3) is 16.6 Å². The van der Waals surface area contributed by atoms with E-state index in [1.165, 1.54) is 4.68 Å². The maximum Gasteiger partial charge on any atom is 0.278 e. The molecule has 2 heterocycles. The predicted molar refractivity (Wildman–Crippen MR) is 105 cm³/mol. The molecule has 0 aliphatic heterocycles. The fourth-order valence-corrected chi connectivity index (χ4v) is 3.26. The summed E-state index contributed by atoms with van der Waals surface area (Å²) in [6.45, 7) is 9.33. The Morgan fingerprint density at radius 1 is 1.15 bits per heavy atom. The molecule has 7 nitrogen and oxygen atoms in total. The van der Waals surface area contributed by atoms with Gasteiger partial charge < -0.3 is 5.32 Å². The van der Waals surface area contributed by atoms with Crippen LogP contribution in [0.1, 0.15) is 44.6 Å². The fourth-order valence-electron chi connectivity index (χ4n) is 3.26. The molecular formula is C20H25N5O2. The van der Waals surface area contributed by atoms with Crippen LogP contribution in [0.2, 0.25) is 0 Å². The Bertz CT molecular complexity index is 1030. The van der Waals surface area contributed by atoms with Gasteiger partial charge in [-0.2, -0.15) is 10.2 Å². The number of hydrogen-bond donors (Lipinski definition) is 1. The molecule has 3 aromatic rings. The summed E-state index contributed by atoms with van der Waals surface area (Å²) >= 11 is 0. The number of carbonyl (C=O) groups excluding carboxylic acids is 1. The molecule has 0 saturated carbocycles. The van der Waals surface area contributed by atoms with Gasteiger partial charge in [-0.15, -0.1) is 0 Å². The van der Waals surface area contributed by atoms with Gasteiger partial charge in [-0.3, -0.25) is 9.59 Å². The molecule has 0 aliphatic carbocycles. The van der Waals surface area contributed by atoms with E-state index in [9.17, 15) is 9.59 Å². The maximum atomic E-state index is 13.2. The quantitative estimate of drug-likeness (QED) is 0.752. The van der Waals surface area contributed by atoms with Crippen molar-refractivity contribution in [2.75, 3.05) is 0 Å². The third kappa shape index (κ3) is 3.37. The largest absolute Gasteiger partial charge is 0.352 e. The highest BCUT2D eigenvalue weighted by molar-refractivity contribution is 5.84. The van der Waals surface area contributed by atoms with Crippen LogP contribution in [-0.4, -0.2) is 31.5 Å². The summed E-state index contributed by atoms with van der Waals surface area (Å²) in [4.78, 5) is 25.8. The minimum atomic E-state index is -0.650. The van der Waals surface area contributed by atoms with E-state index in [0.29, 0.717) is 23.0 Å². The van der Waals surface area contributed by atoms with Gasteiger partial charge in [-0.05, 0) is 46.2 Å². The van der Waals surface area contributed by atoms with Crippen LogP contribution in [0.15, 0.2) is 35.1 Å². The van der Waals surface area contributed by atoms with E-state index >= 15 is 0 Å². The standard InChI is InChI=1S/C20H25N5O2/c1-6-16(19(26)21-12(2)3)25-20(27)17-14(5)24(15-10-8-7-9-11-15)23-18(17)13(4)22-25/h7-12,16H,6H2,1-5H3,(H,21,26)/t16-/m1/s1. The van der Waals surface area contributed by atoms with Gasteiger partial charge in [-0.25, -0.2) is 9.36 Å². The van der Waals surface area contributed by atoms with Crippen LogP contribution in [0.5, 0.6) is 0 Å². The summed E-state index contributed by atoms with van der Waals surface area (Å²) in [7, 11) is 0. The summed E-state index contributed by atoms with van der Waals surface area (Å²) in [5.74, 6) is -0.200. The number of nitrogens with one attached hydrogen (secondary N) is 1. The Kier molecular flexibility index (Phi) is 5.12. The first-order chi connectivity index (χ1) is 12.8. The Balaban J connectivity index is 2.20. The number of nitrogens with zero attached hydrogens (tertiary/aromatic N) is 4. The second-order valence-corrected chi connectivity index (χ2v) is 6.98. The summed E-state index contributed by atoms with van der Waals surface area (Å²) in [5.41, 5.74) is 2.51. The van der Waals surface area contributed by atoms with Gasteiger partial charge in [0.15, 0.2) is 0 Å². The second kappa shape index (κ2) is 7.34. The molecule has 1 amide bonds. The van der Waals surface area contributed by atoms with Crippen LogP contribution in [0, 0.1) is 13.8 Å². The normalized spacial score (nSPS) is 12.5. The molecule has 1 aromatic carbocycles. The highest BCUT2D eigenvalue weighted by atomic mass is 16.2. The van der Waals surface area contributed by atoms with Gasteiger partial charge in [0.25, 0.3) is 5.56 Å². The Morgan fingerprint density at radius 3 is 2.41 bits per heavy atom. The molecule has 1 atom stereocenters. The minimum absolute atomic E-state index is 0.00496. The van der Waals surface area contributed by atoms with Crippen LogP contribution in [0.4, 0.5) is 0 Å². The summed E-state index contributed by atoms with van der Waals surface area (Å²) in [5, 5.41) is 12.4. The van der Waals surface area contributed by atoms with Gasteiger partial charge >= 0.3 is 0 Å². The molecule has 0 saturated heterocycles. The molecule has 2 aromatic heterocycles. The van der Waals surface area contributed by atoms with Crippen molar-refractivity contribution in [3.8, 4) is 5.69 Å². The Labute approximate surface area is 158 Å². The Hall–Kier alpha value is -2.96. The lowest BCUT2D eigenvalue weighted by molar-refractivity contribution is -0.125. The third-order valence-corrected chi connectivity index (χ3v) is 4.55. The third-order valence-electron chi connectivity index (χ3n) is 4.55. The molecule has 3 rings (SSSR count). The van der Waals surface area contributed by atoms with Crippen molar-refractivity contribution >= 4 is 16.8 Å². The Morgan fingerprint density at radius 2 is 1.81 bits per heavy atom. The van der Waals surface area contributed by atoms with E-state index in [1.54, 1.807) is 4.68 Å². The van der Waals surface area contributed by atoms with Crippen molar-refractivity contribution < 1.29 is 4.79 Å². The van der Waals surface area contributed by atoms with E-state index < -0.39 is 6.04 Å². The molecular weight excluding hydrogens is 342 g/mol. The molecule has 0 unspecified atom stereocenters. The van der Waals surface area contributed by atoms with Crippen LogP contribution in [0.3, 0.4) is 0 Å². The zero-order valence-electron chi connectivity index (χ0n) is 16.4. The van der Waals surface area contributed by atoms with Gasteiger partial charge in [0, 0.05) is 6.04 Å². The molecule has 7 heteroatoms. The highest BCUT2D eigenvalue weighted by Crippen LogP contribution is 2.21. The van der Waals surface area contributed by atoms with Crippen LogP contribution < -0.4 is 10.9 Å². The predicted octanol–water partition coefficient (Wildman–Crippen LogP) is 2.67. The van der Waals surface area contributed by atoms with E-state index in [2.05, 4.69) is 15.5 Å². The van der Waals surface area contributed by atoms with Gasteiger partial charge in [0.2, 0.25) is 5.91 Å². The molecule has 0 spiro atoms. The van der Waals surface area contributed by atoms with Gasteiger partial charge in [-0.1, -0.05) is 25.1 Å². The summed E-state index contributed by atoms with van der Waals surface area (Å²) < 4.78 is 3.06. The van der Waals surface area contributed by atoms with E-state index in [-0.39, 0.29) is 17.5 Å². The number of amides is 1. The zero-order valence-corrected chi connectivity index (χ0v) is 16.4. The van der Waals surface area contributed by atoms with Gasteiger partial charge in [0.1, 0.15) is 11.6 Å². The van der Waals surface area contributed by atoms with Crippen molar-refractivity contribution in [1.29, 1.82) is 0 Å². The lowest BCUT2D eigenvalue weighted by atomic mass is 10.2. The monoisotopic (exact) mass is 367 g/mol. The molecule has 0 aliphatic rings. The van der Waals surface area contributed by atoms with E-state index in [4.69, 9.17) is 0 Å². The van der Waals surface area contributed by atoms with Crippen molar-refractivity contribution in [2.24, 2.45) is 0 Å². The molecule has 142 valence electrons. The van der Waals surface area contributed by atoms with Crippen molar-refractivity contribution in [1.82, 2.24) is 24.9 Å². The number of aryl methyl sites for hydroxylation is 2. The number of fused-ring (bicyclic) bond motifs is 1. The molecule has 0 bridgehead atoms. The highest BCUT2D eigenvalue weighted by Gasteiger charge is 2.25. The summed E-state index contributed by atoms with van der Waals surface area (Å²) in [6.07, 6.45) is 0.474. The average molecular weight is 367 g/mol. The minimum Gasteiger partial charge on any atom is -0.352 e. The number of benzene rings is 1. The second-order valence-electron chi connectivity index (χ2n) is 6.98. The van der Waals surface area contributed by atoms with E-state index in [1.807, 2.05) is 65.0 Å². The molecule has 1 N–H and O–H groups in total. The van der Waals surface area contributed by atoms with Gasteiger partial charge in [0.05, 0.1) is 22.5 Å². The average Bonchev–Trinajstić information content (AvgIpc) is 2.98. The zero-order chi connectivity index (χ0) is 19.7. The van der Waals surface area contributed by atoms with Crippen molar-refractivity contribution in [3.63, 3.8) is 0 Å². The SMILES string of the molecule is CC[C@H](C(=O)NC(C)C)n1nc(C)c2nn(-c3ccccc3)c(C)c2c1=O. The number of rotatable bonds is 5. The number of aromatic nitrogens is 4. The first-order valence-corrected chi connectivity index (χ1v) is 9.19. The number of para-hydroxylation sites is 1. The van der Waals surface area contributed by atoms with Crippen molar-refractivity contribution in [3.05, 3.63) is 52.1 Å². The molecule has 0 fully saturated rings. The number of hydrogen-bond acceptors (Lipinski definition) is 4. The smallest absolute Gasteiger partial charge is 0.278 e. The lowest BCUT2D eigenvalue weighted by Crippen LogP contribution is -2.41. The first kappa shape index (κ1) is 18.8. The lowest BCUT2D eigenvalue weighted by Gasteiger charge is -2.18. The first-order valence-electron chi connectivity index (χ1n) is 9.19. The fraction of sp³-hybridized carbons (Fsp3) is 0.400. The number of carbonyl (C=O) groups is 1. The molecule has 0 radical (unpaired) electrons.